The Kier molecular flexibility index (Phi) is 5.22. The normalized spacial score (nSPS) is 11.8. The molecule has 0 saturated carbocycles. The summed E-state index contributed by atoms with van der Waals surface area (Å²) in [4.78, 5) is 7.40. The lowest BCUT2D eigenvalue weighted by Crippen LogP contribution is -2.26. The molecule has 0 fully saturated rings. The van der Waals surface area contributed by atoms with Crippen LogP contribution in [-0.2, 0) is 9.84 Å². The van der Waals surface area contributed by atoms with Crippen molar-refractivity contribution in [3.8, 4) is 11.5 Å². The van der Waals surface area contributed by atoms with Crippen LogP contribution in [0.4, 0.5) is 10.1 Å². The zero-order valence-electron chi connectivity index (χ0n) is 13.2. The molecule has 25 heavy (non-hydrogen) atoms. The Labute approximate surface area is 143 Å². The van der Waals surface area contributed by atoms with Gasteiger partial charge in [-0.25, -0.2) is 17.8 Å². The topological polar surface area (TPSA) is 146 Å². The predicted molar refractivity (Wildman–Crippen MR) is 93.1 cm³/mol. The van der Waals surface area contributed by atoms with Crippen LogP contribution in [0.3, 0.4) is 0 Å². The molecule has 0 aliphatic heterocycles. The standard InChI is InChI=1S/C15H16FN5O3S/c1-25(22,23)11-6-7-13(12(16)8-11)24-10-4-2-9(3-5-10)20-15(19)21-14(17)18/h2-8H,1H3,(H6,17,18,19,20,21). The zero-order valence-corrected chi connectivity index (χ0v) is 14.0. The number of ether oxygens (including phenoxy) is 1. The van der Waals surface area contributed by atoms with Crippen LogP contribution in [0.15, 0.2) is 57.3 Å². The van der Waals surface area contributed by atoms with Gasteiger partial charge in [0.1, 0.15) is 5.75 Å². The zero-order chi connectivity index (χ0) is 18.6. The van der Waals surface area contributed by atoms with Gasteiger partial charge in [0, 0.05) is 6.26 Å². The molecule has 0 atom stereocenters. The summed E-state index contributed by atoms with van der Waals surface area (Å²) in [6, 6.07) is 9.60. The largest absolute Gasteiger partial charge is 0.454 e. The molecule has 8 nitrogen and oxygen atoms in total. The van der Waals surface area contributed by atoms with E-state index in [1.54, 1.807) is 12.1 Å². The Balaban J connectivity index is 2.18. The summed E-state index contributed by atoms with van der Waals surface area (Å²) in [6.45, 7) is 0. The van der Waals surface area contributed by atoms with E-state index in [1.807, 2.05) is 0 Å². The van der Waals surface area contributed by atoms with Gasteiger partial charge in [-0.05, 0) is 42.5 Å². The maximum atomic E-state index is 14.0. The summed E-state index contributed by atoms with van der Waals surface area (Å²) in [6.07, 6.45) is 0.996. The van der Waals surface area contributed by atoms with Crippen LogP contribution < -0.4 is 21.9 Å². The second-order valence-electron chi connectivity index (χ2n) is 4.97. The highest BCUT2D eigenvalue weighted by Crippen LogP contribution is 2.27. The molecule has 0 aromatic heterocycles. The Morgan fingerprint density at radius 1 is 1.08 bits per heavy atom. The third-order valence-electron chi connectivity index (χ3n) is 2.88. The molecule has 0 aliphatic rings. The van der Waals surface area contributed by atoms with Crippen LogP contribution in [0.25, 0.3) is 0 Å². The number of sulfone groups is 1. The molecule has 0 radical (unpaired) electrons. The third kappa shape index (κ3) is 5.18. The van der Waals surface area contributed by atoms with E-state index < -0.39 is 15.7 Å². The predicted octanol–water partition coefficient (Wildman–Crippen LogP) is 1.24. The van der Waals surface area contributed by atoms with Crippen molar-refractivity contribution in [2.24, 2.45) is 27.2 Å². The van der Waals surface area contributed by atoms with E-state index in [4.69, 9.17) is 21.9 Å². The number of guanidine groups is 2. The van der Waals surface area contributed by atoms with Gasteiger partial charge in [0.2, 0.25) is 5.96 Å². The summed E-state index contributed by atoms with van der Waals surface area (Å²) in [5, 5.41) is 0. The molecule has 2 aromatic rings. The fraction of sp³-hybridized carbons (Fsp3) is 0.0667. The van der Waals surface area contributed by atoms with E-state index in [2.05, 4.69) is 9.98 Å². The molecule has 0 saturated heterocycles. The third-order valence-corrected chi connectivity index (χ3v) is 3.99. The molecular formula is C15H16FN5O3S. The highest BCUT2D eigenvalue weighted by atomic mass is 32.2. The smallest absolute Gasteiger partial charge is 0.223 e. The van der Waals surface area contributed by atoms with Crippen LogP contribution in [0.5, 0.6) is 11.5 Å². The first-order valence-corrected chi connectivity index (χ1v) is 8.75. The minimum Gasteiger partial charge on any atom is -0.454 e. The monoisotopic (exact) mass is 365 g/mol. The number of hydrogen-bond acceptors (Lipinski definition) is 4. The van der Waals surface area contributed by atoms with Gasteiger partial charge in [-0.2, -0.15) is 4.99 Å². The van der Waals surface area contributed by atoms with Crippen molar-refractivity contribution in [3.05, 3.63) is 48.3 Å². The van der Waals surface area contributed by atoms with Crippen molar-refractivity contribution >= 4 is 27.4 Å². The molecular weight excluding hydrogens is 349 g/mol. The summed E-state index contributed by atoms with van der Waals surface area (Å²) >= 11 is 0. The first kappa shape index (κ1) is 18.2. The van der Waals surface area contributed by atoms with Gasteiger partial charge in [0.15, 0.2) is 27.4 Å². The van der Waals surface area contributed by atoms with Crippen LogP contribution in [0.1, 0.15) is 0 Å². The van der Waals surface area contributed by atoms with Crippen LogP contribution >= 0.6 is 0 Å². The molecule has 0 unspecified atom stereocenters. The maximum absolute atomic E-state index is 14.0. The number of rotatable bonds is 4. The van der Waals surface area contributed by atoms with E-state index in [1.165, 1.54) is 24.3 Å². The second kappa shape index (κ2) is 7.18. The molecule has 132 valence electrons. The number of halogens is 1. The first-order valence-electron chi connectivity index (χ1n) is 6.86. The van der Waals surface area contributed by atoms with Gasteiger partial charge < -0.3 is 21.9 Å². The van der Waals surface area contributed by atoms with Crippen LogP contribution in [0.2, 0.25) is 0 Å². The van der Waals surface area contributed by atoms with Gasteiger partial charge >= 0.3 is 0 Å². The average molecular weight is 365 g/mol. The van der Waals surface area contributed by atoms with E-state index >= 15 is 0 Å². The fourth-order valence-electron chi connectivity index (χ4n) is 1.80. The van der Waals surface area contributed by atoms with Crippen LogP contribution in [0, 0.1) is 5.82 Å². The van der Waals surface area contributed by atoms with E-state index in [9.17, 15) is 12.8 Å². The van der Waals surface area contributed by atoms with E-state index in [0.717, 1.165) is 12.3 Å². The quantitative estimate of drug-likeness (QED) is 0.549. The number of hydrogen-bond donors (Lipinski definition) is 3. The lowest BCUT2D eigenvalue weighted by molar-refractivity contribution is 0.441. The van der Waals surface area contributed by atoms with Gasteiger partial charge in [0.25, 0.3) is 0 Å². The van der Waals surface area contributed by atoms with Gasteiger partial charge in [-0.3, -0.25) is 0 Å². The molecule has 10 heteroatoms. The summed E-state index contributed by atoms with van der Waals surface area (Å²) in [5.41, 5.74) is 16.3. The molecule has 0 heterocycles. The summed E-state index contributed by atoms with van der Waals surface area (Å²) in [5.74, 6) is -0.902. The maximum Gasteiger partial charge on any atom is 0.223 e. The number of benzene rings is 2. The molecule has 0 amide bonds. The van der Waals surface area contributed by atoms with Gasteiger partial charge in [-0.15, -0.1) is 0 Å². The SMILES string of the molecule is CS(=O)(=O)c1ccc(Oc2ccc(N=C(N)N=C(N)N)cc2)c(F)c1. The Hall–Kier alpha value is -3.14. The van der Waals surface area contributed by atoms with Crippen molar-refractivity contribution in [1.29, 1.82) is 0 Å². The minimum absolute atomic E-state index is 0.108. The highest BCUT2D eigenvalue weighted by Gasteiger charge is 2.12. The van der Waals surface area contributed by atoms with Crippen molar-refractivity contribution in [2.75, 3.05) is 6.26 Å². The van der Waals surface area contributed by atoms with Gasteiger partial charge in [-0.1, -0.05) is 0 Å². The summed E-state index contributed by atoms with van der Waals surface area (Å²) in [7, 11) is -3.49. The van der Waals surface area contributed by atoms with Crippen molar-refractivity contribution in [2.45, 2.75) is 4.90 Å². The van der Waals surface area contributed by atoms with Gasteiger partial charge in [0.05, 0.1) is 10.6 Å². The highest BCUT2D eigenvalue weighted by molar-refractivity contribution is 7.90. The number of aliphatic imine (C=N–C) groups is 2. The first-order chi connectivity index (χ1) is 11.6. The van der Waals surface area contributed by atoms with Crippen molar-refractivity contribution in [1.82, 2.24) is 0 Å². The molecule has 0 aliphatic carbocycles. The summed E-state index contributed by atoms with van der Waals surface area (Å²) < 4.78 is 42.1. The fourth-order valence-corrected chi connectivity index (χ4v) is 2.43. The van der Waals surface area contributed by atoms with E-state index in [0.29, 0.717) is 11.4 Å². The number of nitrogens with two attached hydrogens (primary N) is 3. The number of nitrogens with zero attached hydrogens (tertiary/aromatic N) is 2. The molecule has 2 rings (SSSR count). The minimum atomic E-state index is -3.49. The van der Waals surface area contributed by atoms with E-state index in [-0.39, 0.29) is 22.6 Å². The molecule has 0 spiro atoms. The second-order valence-corrected chi connectivity index (χ2v) is 6.98. The van der Waals surface area contributed by atoms with Crippen LogP contribution in [-0.4, -0.2) is 26.6 Å². The Morgan fingerprint density at radius 2 is 1.72 bits per heavy atom. The molecule has 6 N–H and O–H groups in total. The average Bonchev–Trinajstić information content (AvgIpc) is 2.49. The lowest BCUT2D eigenvalue weighted by atomic mass is 10.3. The molecule has 2 aromatic carbocycles. The lowest BCUT2D eigenvalue weighted by Gasteiger charge is -2.08. The Bertz CT molecular complexity index is 936. The molecule has 0 bridgehead atoms. The Morgan fingerprint density at radius 3 is 2.24 bits per heavy atom. The van der Waals surface area contributed by atoms with Crippen molar-refractivity contribution in [3.63, 3.8) is 0 Å². The van der Waals surface area contributed by atoms with Crippen molar-refractivity contribution < 1.29 is 17.5 Å².